The fourth-order valence-corrected chi connectivity index (χ4v) is 2.53. The SMILES string of the molecule is C[C@@]12CC[C@@H](C(=O)C1)[C@@H](O)C2. The van der Waals surface area contributed by atoms with Crippen molar-refractivity contribution < 1.29 is 9.90 Å². The molecule has 1 N–H and O–H groups in total. The average Bonchev–Trinajstić information content (AvgIpc) is 1.83. The van der Waals surface area contributed by atoms with Gasteiger partial charge >= 0.3 is 0 Å². The normalized spacial score (nSPS) is 49.8. The van der Waals surface area contributed by atoms with Crippen LogP contribution in [-0.2, 0) is 4.79 Å². The summed E-state index contributed by atoms with van der Waals surface area (Å²) in [5.74, 6) is 0.273. The molecule has 2 nitrogen and oxygen atoms in total. The van der Waals surface area contributed by atoms with Crippen LogP contribution >= 0.6 is 0 Å². The second kappa shape index (κ2) is 2.07. The molecule has 0 aliphatic heterocycles. The molecule has 0 unspecified atom stereocenters. The van der Waals surface area contributed by atoms with Crippen molar-refractivity contribution in [2.45, 2.75) is 38.7 Å². The molecule has 3 aliphatic carbocycles. The van der Waals surface area contributed by atoms with Crippen molar-refractivity contribution in [3.8, 4) is 0 Å². The summed E-state index contributed by atoms with van der Waals surface area (Å²) in [6, 6.07) is 0. The Bertz CT molecular complexity index is 200. The van der Waals surface area contributed by atoms with Crippen LogP contribution in [0, 0.1) is 11.3 Å². The molecule has 0 aromatic carbocycles. The van der Waals surface area contributed by atoms with Crippen molar-refractivity contribution in [3.63, 3.8) is 0 Å². The van der Waals surface area contributed by atoms with Gasteiger partial charge in [0.05, 0.1) is 6.10 Å². The largest absolute Gasteiger partial charge is 0.392 e. The molecule has 11 heavy (non-hydrogen) atoms. The van der Waals surface area contributed by atoms with Gasteiger partial charge in [0.25, 0.3) is 0 Å². The first-order valence-corrected chi connectivity index (χ1v) is 4.32. The van der Waals surface area contributed by atoms with Crippen molar-refractivity contribution in [1.82, 2.24) is 0 Å². The van der Waals surface area contributed by atoms with Gasteiger partial charge in [-0.1, -0.05) is 6.92 Å². The van der Waals surface area contributed by atoms with Gasteiger partial charge in [-0.2, -0.15) is 0 Å². The van der Waals surface area contributed by atoms with E-state index in [1.807, 2.05) is 0 Å². The third kappa shape index (κ3) is 1.00. The first kappa shape index (κ1) is 7.29. The minimum Gasteiger partial charge on any atom is -0.392 e. The minimum atomic E-state index is -0.338. The fourth-order valence-electron chi connectivity index (χ4n) is 2.53. The maximum Gasteiger partial charge on any atom is 0.139 e. The number of carbonyl (C=O) groups is 1. The highest BCUT2D eigenvalue weighted by Gasteiger charge is 2.46. The summed E-state index contributed by atoms with van der Waals surface area (Å²) in [6.45, 7) is 2.11. The van der Waals surface area contributed by atoms with E-state index < -0.39 is 0 Å². The van der Waals surface area contributed by atoms with E-state index in [4.69, 9.17) is 0 Å². The second-order valence-electron chi connectivity index (χ2n) is 4.37. The summed E-state index contributed by atoms with van der Waals surface area (Å²) in [5, 5.41) is 9.51. The predicted octanol–water partition coefficient (Wildman–Crippen LogP) is 1.13. The van der Waals surface area contributed by atoms with E-state index in [1.165, 1.54) is 0 Å². The zero-order valence-corrected chi connectivity index (χ0v) is 6.84. The third-order valence-corrected chi connectivity index (χ3v) is 3.24. The van der Waals surface area contributed by atoms with Crippen LogP contribution in [0.1, 0.15) is 32.6 Å². The summed E-state index contributed by atoms with van der Waals surface area (Å²) in [6.07, 6.45) is 3.24. The Labute approximate surface area is 66.6 Å². The highest BCUT2D eigenvalue weighted by Crippen LogP contribution is 2.47. The van der Waals surface area contributed by atoms with Crippen LogP contribution in [0.2, 0.25) is 0 Å². The molecule has 0 aromatic rings. The number of aliphatic hydroxyl groups excluding tert-OH is 1. The molecule has 0 amide bonds. The monoisotopic (exact) mass is 154 g/mol. The van der Waals surface area contributed by atoms with Gasteiger partial charge in [0.15, 0.2) is 0 Å². The molecule has 62 valence electrons. The molecule has 0 saturated heterocycles. The Morgan fingerprint density at radius 1 is 1.64 bits per heavy atom. The number of carbonyl (C=O) groups excluding carboxylic acids is 1. The number of Topliss-reactive ketones (excluding diaryl/α,β-unsaturated/α-hetero) is 1. The standard InChI is InChI=1S/C9H14O2/c1-9-3-2-6(7(10)4-9)8(11)5-9/h6-7,10H,2-5H2,1H3/t6-,7+,9+/m1/s1. The molecule has 0 aromatic heterocycles. The molecule has 0 heterocycles. The fraction of sp³-hybridized carbons (Fsp3) is 0.889. The van der Waals surface area contributed by atoms with Crippen LogP contribution in [0.5, 0.6) is 0 Å². The number of hydrogen-bond donors (Lipinski definition) is 1. The summed E-state index contributed by atoms with van der Waals surface area (Å²) in [5.41, 5.74) is 0.130. The molecule has 3 aliphatic rings. The summed E-state index contributed by atoms with van der Waals surface area (Å²) < 4.78 is 0. The van der Waals surface area contributed by atoms with Gasteiger partial charge in [-0.25, -0.2) is 0 Å². The predicted molar refractivity (Wildman–Crippen MR) is 41.1 cm³/mol. The smallest absolute Gasteiger partial charge is 0.139 e. The molecule has 0 radical (unpaired) electrons. The lowest BCUT2D eigenvalue weighted by Gasteiger charge is -2.45. The van der Waals surface area contributed by atoms with Gasteiger partial charge in [0, 0.05) is 12.3 Å². The zero-order chi connectivity index (χ0) is 8.06. The van der Waals surface area contributed by atoms with Gasteiger partial charge in [-0.05, 0) is 24.7 Å². The molecule has 2 heteroatoms. The van der Waals surface area contributed by atoms with Gasteiger partial charge in [0.2, 0.25) is 0 Å². The van der Waals surface area contributed by atoms with Crippen LogP contribution in [0.3, 0.4) is 0 Å². The van der Waals surface area contributed by atoms with E-state index in [-0.39, 0.29) is 23.2 Å². The number of aliphatic hydroxyl groups is 1. The Kier molecular flexibility index (Phi) is 1.37. The molecule has 0 spiro atoms. The van der Waals surface area contributed by atoms with Crippen molar-refractivity contribution in [1.29, 1.82) is 0 Å². The van der Waals surface area contributed by atoms with Gasteiger partial charge in [0.1, 0.15) is 5.78 Å². The molecular weight excluding hydrogens is 140 g/mol. The highest BCUT2D eigenvalue weighted by atomic mass is 16.3. The zero-order valence-electron chi connectivity index (χ0n) is 6.84. The van der Waals surface area contributed by atoms with Gasteiger partial charge < -0.3 is 5.11 Å². The number of hydrogen-bond acceptors (Lipinski definition) is 2. The van der Waals surface area contributed by atoms with Gasteiger partial charge in [-0.3, -0.25) is 4.79 Å². The Morgan fingerprint density at radius 2 is 2.36 bits per heavy atom. The van der Waals surface area contributed by atoms with Crippen LogP contribution < -0.4 is 0 Å². The second-order valence-corrected chi connectivity index (χ2v) is 4.37. The van der Waals surface area contributed by atoms with Crippen LogP contribution in [0.15, 0.2) is 0 Å². The van der Waals surface area contributed by atoms with Crippen molar-refractivity contribution in [2.75, 3.05) is 0 Å². The van der Waals surface area contributed by atoms with E-state index >= 15 is 0 Å². The lowest BCUT2D eigenvalue weighted by Crippen LogP contribution is -2.47. The first-order valence-electron chi connectivity index (χ1n) is 4.32. The first-order chi connectivity index (χ1) is 5.11. The van der Waals surface area contributed by atoms with E-state index in [0.29, 0.717) is 6.42 Å². The van der Waals surface area contributed by atoms with Crippen molar-refractivity contribution in [3.05, 3.63) is 0 Å². The van der Waals surface area contributed by atoms with E-state index in [9.17, 15) is 9.90 Å². The molecule has 2 bridgehead atoms. The van der Waals surface area contributed by atoms with Crippen molar-refractivity contribution in [2.24, 2.45) is 11.3 Å². The number of ketones is 1. The molecule has 3 saturated carbocycles. The maximum atomic E-state index is 11.3. The Balaban J connectivity index is 2.26. The van der Waals surface area contributed by atoms with E-state index in [1.54, 1.807) is 0 Å². The number of fused-ring (bicyclic) bond motifs is 3. The minimum absolute atomic E-state index is 0.0168. The highest BCUT2D eigenvalue weighted by molar-refractivity contribution is 5.84. The lowest BCUT2D eigenvalue weighted by atomic mass is 9.60. The Morgan fingerprint density at radius 3 is 2.82 bits per heavy atom. The number of rotatable bonds is 0. The lowest BCUT2D eigenvalue weighted by molar-refractivity contribution is -0.142. The molecule has 3 fully saturated rings. The maximum absolute atomic E-state index is 11.3. The molecule has 3 rings (SSSR count). The molecular formula is C9H14O2. The van der Waals surface area contributed by atoms with Crippen LogP contribution in [-0.4, -0.2) is 17.0 Å². The van der Waals surface area contributed by atoms with Crippen LogP contribution in [0.25, 0.3) is 0 Å². The van der Waals surface area contributed by atoms with E-state index in [2.05, 4.69) is 6.92 Å². The van der Waals surface area contributed by atoms with Crippen LogP contribution in [0.4, 0.5) is 0 Å². The topological polar surface area (TPSA) is 37.3 Å². The van der Waals surface area contributed by atoms with E-state index in [0.717, 1.165) is 19.3 Å². The summed E-state index contributed by atoms with van der Waals surface area (Å²) in [4.78, 5) is 11.3. The third-order valence-electron chi connectivity index (χ3n) is 3.24. The van der Waals surface area contributed by atoms with Crippen molar-refractivity contribution >= 4 is 5.78 Å². The van der Waals surface area contributed by atoms with Gasteiger partial charge in [-0.15, -0.1) is 0 Å². The summed E-state index contributed by atoms with van der Waals surface area (Å²) in [7, 11) is 0. The molecule has 3 atom stereocenters. The quantitative estimate of drug-likeness (QED) is 0.568. The average molecular weight is 154 g/mol. The summed E-state index contributed by atoms with van der Waals surface area (Å²) >= 11 is 0. The Hall–Kier alpha value is -0.370.